The van der Waals surface area contributed by atoms with Gasteiger partial charge in [0.15, 0.2) is 0 Å². The quantitative estimate of drug-likeness (QED) is 0.684. The SMILES string of the molecule is CC(CCCO)NC(=O)Cc1ccc(NC(=O)CC(C)(C)C)cc1. The number of rotatable bonds is 8. The first kappa shape index (κ1) is 20.2. The number of nitrogens with one attached hydrogen (secondary N) is 2. The molecule has 0 aliphatic rings. The average Bonchev–Trinajstić information content (AvgIpc) is 2.45. The van der Waals surface area contributed by atoms with Crippen molar-refractivity contribution in [2.24, 2.45) is 5.41 Å². The molecule has 5 heteroatoms. The summed E-state index contributed by atoms with van der Waals surface area (Å²) in [5.74, 6) is -0.0457. The number of aliphatic hydroxyl groups is 1. The van der Waals surface area contributed by atoms with Crippen LogP contribution in [0.3, 0.4) is 0 Å². The van der Waals surface area contributed by atoms with E-state index in [1.54, 1.807) is 0 Å². The van der Waals surface area contributed by atoms with Gasteiger partial charge in [0.05, 0.1) is 6.42 Å². The zero-order valence-corrected chi connectivity index (χ0v) is 15.2. The van der Waals surface area contributed by atoms with Crippen LogP contribution < -0.4 is 10.6 Å². The van der Waals surface area contributed by atoms with Crippen LogP contribution in [0.5, 0.6) is 0 Å². The molecule has 0 radical (unpaired) electrons. The van der Waals surface area contributed by atoms with Crippen LogP contribution in [-0.2, 0) is 16.0 Å². The van der Waals surface area contributed by atoms with Crippen molar-refractivity contribution in [1.82, 2.24) is 5.32 Å². The Balaban J connectivity index is 2.47. The Bertz CT molecular complexity index is 533. The third kappa shape index (κ3) is 8.67. The molecule has 1 aromatic rings. The summed E-state index contributed by atoms with van der Waals surface area (Å²) in [5.41, 5.74) is 1.59. The van der Waals surface area contributed by atoms with E-state index in [1.807, 2.05) is 52.0 Å². The number of amides is 2. The molecule has 2 amide bonds. The lowest BCUT2D eigenvalue weighted by Gasteiger charge is -2.17. The molecule has 0 saturated heterocycles. The molecule has 3 N–H and O–H groups in total. The van der Waals surface area contributed by atoms with E-state index in [1.165, 1.54) is 0 Å². The standard InChI is InChI=1S/C19H30N2O3/c1-14(6-5-11-22)20-17(23)12-15-7-9-16(10-8-15)21-18(24)13-19(2,3)4/h7-10,14,22H,5-6,11-13H2,1-4H3,(H,20,23)(H,21,24). The molecule has 0 aromatic heterocycles. The zero-order valence-electron chi connectivity index (χ0n) is 15.2. The smallest absolute Gasteiger partial charge is 0.224 e. The van der Waals surface area contributed by atoms with Gasteiger partial charge in [-0.15, -0.1) is 0 Å². The van der Waals surface area contributed by atoms with Crippen molar-refractivity contribution in [2.45, 2.75) is 59.4 Å². The largest absolute Gasteiger partial charge is 0.396 e. The molecule has 1 unspecified atom stereocenters. The lowest BCUT2D eigenvalue weighted by atomic mass is 9.92. The monoisotopic (exact) mass is 334 g/mol. The fourth-order valence-electron chi connectivity index (χ4n) is 2.37. The van der Waals surface area contributed by atoms with Crippen LogP contribution in [0.2, 0.25) is 0 Å². The second-order valence-corrected chi connectivity index (χ2v) is 7.49. The highest BCUT2D eigenvalue weighted by atomic mass is 16.3. The summed E-state index contributed by atoms with van der Waals surface area (Å²) in [6.07, 6.45) is 2.22. The highest BCUT2D eigenvalue weighted by molar-refractivity contribution is 5.91. The third-order valence-electron chi connectivity index (χ3n) is 3.50. The Morgan fingerprint density at radius 2 is 1.75 bits per heavy atom. The molecule has 0 heterocycles. The van der Waals surface area contributed by atoms with Gasteiger partial charge in [0, 0.05) is 24.8 Å². The second-order valence-electron chi connectivity index (χ2n) is 7.49. The lowest BCUT2D eigenvalue weighted by molar-refractivity contribution is -0.121. The minimum absolute atomic E-state index is 0.00861. The highest BCUT2D eigenvalue weighted by Crippen LogP contribution is 2.19. The van der Waals surface area contributed by atoms with E-state index in [-0.39, 0.29) is 29.9 Å². The highest BCUT2D eigenvalue weighted by Gasteiger charge is 2.16. The topological polar surface area (TPSA) is 78.4 Å². The number of benzene rings is 1. The number of hydrogen-bond acceptors (Lipinski definition) is 3. The first-order valence-corrected chi connectivity index (χ1v) is 8.48. The van der Waals surface area contributed by atoms with Crippen LogP contribution in [0, 0.1) is 5.41 Å². The molecular weight excluding hydrogens is 304 g/mol. The maximum atomic E-state index is 12.0. The van der Waals surface area contributed by atoms with Gasteiger partial charge in [-0.05, 0) is 42.9 Å². The van der Waals surface area contributed by atoms with Crippen molar-refractivity contribution in [3.05, 3.63) is 29.8 Å². The summed E-state index contributed by atoms with van der Waals surface area (Å²) in [7, 11) is 0. The van der Waals surface area contributed by atoms with Crippen LogP contribution in [0.15, 0.2) is 24.3 Å². The second kappa shape index (κ2) is 9.42. The van der Waals surface area contributed by atoms with Gasteiger partial charge in [-0.2, -0.15) is 0 Å². The molecule has 0 saturated carbocycles. The molecule has 1 rings (SSSR count). The average molecular weight is 334 g/mol. The Kier molecular flexibility index (Phi) is 7.92. The minimum atomic E-state index is -0.0468. The number of anilines is 1. The van der Waals surface area contributed by atoms with Crippen molar-refractivity contribution >= 4 is 17.5 Å². The summed E-state index contributed by atoms with van der Waals surface area (Å²) < 4.78 is 0. The van der Waals surface area contributed by atoms with Crippen LogP contribution >= 0.6 is 0 Å². The lowest BCUT2D eigenvalue weighted by Crippen LogP contribution is -2.33. The molecule has 0 spiro atoms. The molecule has 1 atom stereocenters. The number of hydrogen-bond donors (Lipinski definition) is 3. The Morgan fingerprint density at radius 1 is 1.12 bits per heavy atom. The molecule has 1 aromatic carbocycles. The fourth-order valence-corrected chi connectivity index (χ4v) is 2.37. The maximum absolute atomic E-state index is 12.0. The fraction of sp³-hybridized carbons (Fsp3) is 0.579. The van der Waals surface area contributed by atoms with E-state index < -0.39 is 0 Å². The first-order chi connectivity index (χ1) is 11.2. The molecule has 0 aliphatic carbocycles. The maximum Gasteiger partial charge on any atom is 0.224 e. The van der Waals surface area contributed by atoms with E-state index in [2.05, 4.69) is 10.6 Å². The summed E-state index contributed by atoms with van der Waals surface area (Å²) in [6.45, 7) is 8.14. The van der Waals surface area contributed by atoms with E-state index in [0.29, 0.717) is 19.3 Å². The van der Waals surface area contributed by atoms with Crippen molar-refractivity contribution in [3.8, 4) is 0 Å². The molecule has 0 bridgehead atoms. The van der Waals surface area contributed by atoms with E-state index in [9.17, 15) is 9.59 Å². The summed E-state index contributed by atoms with van der Waals surface area (Å²) in [6, 6.07) is 7.40. The van der Waals surface area contributed by atoms with Crippen LogP contribution in [0.25, 0.3) is 0 Å². The van der Waals surface area contributed by atoms with E-state index in [4.69, 9.17) is 5.11 Å². The van der Waals surface area contributed by atoms with Gasteiger partial charge in [-0.25, -0.2) is 0 Å². The summed E-state index contributed by atoms with van der Waals surface area (Å²) in [5, 5.41) is 14.6. The predicted octanol–water partition coefficient (Wildman–Crippen LogP) is 2.88. The van der Waals surface area contributed by atoms with Gasteiger partial charge in [-0.1, -0.05) is 32.9 Å². The van der Waals surface area contributed by atoms with Gasteiger partial charge < -0.3 is 15.7 Å². The predicted molar refractivity (Wildman–Crippen MR) is 96.8 cm³/mol. The van der Waals surface area contributed by atoms with E-state index >= 15 is 0 Å². The third-order valence-corrected chi connectivity index (χ3v) is 3.50. The molecule has 24 heavy (non-hydrogen) atoms. The molecule has 0 fully saturated rings. The molecule has 134 valence electrons. The molecule has 5 nitrogen and oxygen atoms in total. The van der Waals surface area contributed by atoms with Crippen molar-refractivity contribution in [2.75, 3.05) is 11.9 Å². The van der Waals surface area contributed by atoms with Gasteiger partial charge in [-0.3, -0.25) is 9.59 Å². The zero-order chi connectivity index (χ0) is 18.2. The Hall–Kier alpha value is -1.88. The van der Waals surface area contributed by atoms with Gasteiger partial charge in [0.25, 0.3) is 0 Å². The van der Waals surface area contributed by atoms with Gasteiger partial charge in [0.1, 0.15) is 0 Å². The van der Waals surface area contributed by atoms with Crippen molar-refractivity contribution in [3.63, 3.8) is 0 Å². The van der Waals surface area contributed by atoms with Crippen LogP contribution in [0.1, 0.15) is 52.5 Å². The van der Waals surface area contributed by atoms with Crippen LogP contribution in [0.4, 0.5) is 5.69 Å². The number of aliphatic hydroxyl groups excluding tert-OH is 1. The van der Waals surface area contributed by atoms with Crippen LogP contribution in [-0.4, -0.2) is 29.6 Å². The minimum Gasteiger partial charge on any atom is -0.396 e. The molecular formula is C19H30N2O3. The van der Waals surface area contributed by atoms with E-state index in [0.717, 1.165) is 17.7 Å². The molecule has 0 aliphatic heterocycles. The summed E-state index contributed by atoms with van der Waals surface area (Å²) in [4.78, 5) is 23.9. The Labute approximate surface area is 144 Å². The van der Waals surface area contributed by atoms with Crippen molar-refractivity contribution in [1.29, 1.82) is 0 Å². The van der Waals surface area contributed by atoms with Crippen molar-refractivity contribution < 1.29 is 14.7 Å². The normalized spacial score (nSPS) is 12.5. The van der Waals surface area contributed by atoms with Gasteiger partial charge in [0.2, 0.25) is 11.8 Å². The Morgan fingerprint density at radius 3 is 2.29 bits per heavy atom. The van der Waals surface area contributed by atoms with Gasteiger partial charge >= 0.3 is 0 Å². The summed E-state index contributed by atoms with van der Waals surface area (Å²) >= 11 is 0. The number of carbonyl (C=O) groups excluding carboxylic acids is 2. The first-order valence-electron chi connectivity index (χ1n) is 8.48. The number of carbonyl (C=O) groups is 2.